The van der Waals surface area contributed by atoms with Crippen LogP contribution in [0.15, 0.2) is 23.8 Å². The molecular weight excluding hydrogens is 486 g/mol. The highest BCUT2D eigenvalue weighted by Crippen LogP contribution is 2.70. The number of esters is 1. The fourth-order valence-electron chi connectivity index (χ4n) is 7.99. The molecule has 37 heavy (non-hydrogen) atoms. The molecule has 4 rings (SSSR count). The number of ketones is 2. The van der Waals surface area contributed by atoms with Crippen LogP contribution in [-0.2, 0) is 19.1 Å². The van der Waals surface area contributed by atoms with Gasteiger partial charge in [-0.1, -0.05) is 39.2 Å². The van der Waals surface area contributed by atoms with Crippen LogP contribution in [0.3, 0.4) is 0 Å². The fourth-order valence-corrected chi connectivity index (χ4v) is 7.99. The number of hydrogen-bond donors (Lipinski definition) is 3. The maximum atomic E-state index is 17.3. The second kappa shape index (κ2) is 9.65. The largest absolute Gasteiger partial charge is 0.447 e. The third-order valence-corrected chi connectivity index (χ3v) is 9.88. The number of halogens is 2. The van der Waals surface area contributed by atoms with Gasteiger partial charge in [0.05, 0.1) is 6.10 Å². The summed E-state index contributed by atoms with van der Waals surface area (Å²) < 4.78 is 38.6. The van der Waals surface area contributed by atoms with Crippen molar-refractivity contribution in [1.29, 1.82) is 0 Å². The van der Waals surface area contributed by atoms with Crippen LogP contribution in [0.5, 0.6) is 0 Å². The number of rotatable bonds is 8. The average molecular weight is 525 g/mol. The van der Waals surface area contributed by atoms with Gasteiger partial charge < -0.3 is 20.1 Å². The standard InChI is InChI=1S/C28H38F2O7/c1-4-5-6-7-8-24(36)37-28(23(35)15-31)21(33)13-17-18-12-20(29)19-11-16(32)9-10-25(19,2)27(18,30)22(34)14-26(17,28)3/h9-11,17-18,20-22,31,33-34H,4-8,12-15H2,1-3H3. The average Bonchev–Trinajstić information content (AvgIpc) is 3.06. The topological polar surface area (TPSA) is 121 Å². The van der Waals surface area contributed by atoms with Crippen molar-refractivity contribution in [2.75, 3.05) is 6.61 Å². The number of allylic oxidation sites excluding steroid dienone is 4. The molecule has 9 atom stereocenters. The molecule has 0 bridgehead atoms. The van der Waals surface area contributed by atoms with Crippen molar-refractivity contribution in [2.45, 2.75) is 102 Å². The van der Waals surface area contributed by atoms with Gasteiger partial charge in [0.15, 0.2) is 11.5 Å². The number of aliphatic hydroxyl groups excluding tert-OH is 3. The zero-order valence-corrected chi connectivity index (χ0v) is 21.7. The van der Waals surface area contributed by atoms with Gasteiger partial charge in [-0.3, -0.25) is 14.4 Å². The number of carbonyl (C=O) groups is 3. The van der Waals surface area contributed by atoms with Gasteiger partial charge in [0.2, 0.25) is 11.4 Å². The summed E-state index contributed by atoms with van der Waals surface area (Å²) >= 11 is 0. The number of aliphatic hydroxyl groups is 3. The van der Waals surface area contributed by atoms with Crippen molar-refractivity contribution >= 4 is 17.5 Å². The smallest absolute Gasteiger partial charge is 0.306 e. The van der Waals surface area contributed by atoms with Gasteiger partial charge in [-0.05, 0) is 56.3 Å². The van der Waals surface area contributed by atoms with E-state index in [1.165, 1.54) is 19.1 Å². The number of unbranched alkanes of at least 4 members (excludes halogenated alkanes) is 3. The van der Waals surface area contributed by atoms with Crippen LogP contribution in [0, 0.1) is 22.7 Å². The van der Waals surface area contributed by atoms with E-state index in [1.807, 2.05) is 6.92 Å². The molecule has 0 aromatic heterocycles. The molecule has 0 spiro atoms. The summed E-state index contributed by atoms with van der Waals surface area (Å²) in [5.74, 6) is -4.09. The Morgan fingerprint density at radius 2 is 1.81 bits per heavy atom. The maximum absolute atomic E-state index is 17.3. The first-order valence-corrected chi connectivity index (χ1v) is 13.3. The Hall–Kier alpha value is -1.97. The lowest BCUT2D eigenvalue weighted by Crippen LogP contribution is -2.71. The van der Waals surface area contributed by atoms with Crippen LogP contribution in [0.4, 0.5) is 8.78 Å². The Labute approximate surface area is 216 Å². The van der Waals surface area contributed by atoms with Gasteiger partial charge in [0.25, 0.3) is 0 Å². The summed E-state index contributed by atoms with van der Waals surface area (Å²) in [6.07, 6.45) is 0.888. The maximum Gasteiger partial charge on any atom is 0.306 e. The third-order valence-electron chi connectivity index (χ3n) is 9.88. The molecule has 0 radical (unpaired) electrons. The highest BCUT2D eigenvalue weighted by molar-refractivity contribution is 6.01. The minimum Gasteiger partial charge on any atom is -0.447 e. The molecule has 9 heteroatoms. The zero-order valence-electron chi connectivity index (χ0n) is 21.7. The van der Waals surface area contributed by atoms with Crippen LogP contribution < -0.4 is 0 Å². The van der Waals surface area contributed by atoms with Gasteiger partial charge in [-0.2, -0.15) is 0 Å². The third kappa shape index (κ3) is 3.79. The van der Waals surface area contributed by atoms with Crippen LogP contribution in [0.2, 0.25) is 0 Å². The summed E-state index contributed by atoms with van der Waals surface area (Å²) in [6, 6.07) is 0. The van der Waals surface area contributed by atoms with E-state index in [9.17, 15) is 29.7 Å². The molecule has 7 nitrogen and oxygen atoms in total. The molecule has 0 heterocycles. The first-order valence-electron chi connectivity index (χ1n) is 13.3. The number of ether oxygens (including phenoxy) is 1. The van der Waals surface area contributed by atoms with E-state index in [1.54, 1.807) is 6.92 Å². The molecule has 0 saturated heterocycles. The Morgan fingerprint density at radius 1 is 1.11 bits per heavy atom. The van der Waals surface area contributed by atoms with Crippen molar-refractivity contribution < 1.29 is 43.2 Å². The monoisotopic (exact) mass is 524 g/mol. The van der Waals surface area contributed by atoms with Crippen molar-refractivity contribution in [3.05, 3.63) is 23.8 Å². The summed E-state index contributed by atoms with van der Waals surface area (Å²) in [5, 5.41) is 32.5. The van der Waals surface area contributed by atoms with Crippen molar-refractivity contribution in [3.63, 3.8) is 0 Å². The quantitative estimate of drug-likeness (QED) is 0.330. The Kier molecular flexibility index (Phi) is 7.31. The van der Waals surface area contributed by atoms with E-state index in [0.717, 1.165) is 25.3 Å². The first-order chi connectivity index (χ1) is 17.3. The van der Waals surface area contributed by atoms with E-state index in [4.69, 9.17) is 4.74 Å². The summed E-state index contributed by atoms with van der Waals surface area (Å²) in [5.41, 5.74) is -7.70. The van der Waals surface area contributed by atoms with E-state index in [2.05, 4.69) is 0 Å². The lowest BCUT2D eigenvalue weighted by molar-refractivity contribution is -0.234. The number of carbonyl (C=O) groups excluding carboxylic acids is 3. The van der Waals surface area contributed by atoms with Crippen molar-refractivity contribution in [1.82, 2.24) is 0 Å². The number of alkyl halides is 2. The minimum atomic E-state index is -2.40. The van der Waals surface area contributed by atoms with E-state index in [-0.39, 0.29) is 31.3 Å². The van der Waals surface area contributed by atoms with Crippen molar-refractivity contribution in [2.24, 2.45) is 22.7 Å². The SMILES string of the molecule is CCCCCCC(=O)OC1(C(=O)CO)C(O)CC2C3CC(F)C4=CC(=O)C=CC4(C)C3(F)C(O)CC21C. The van der Waals surface area contributed by atoms with E-state index < -0.39 is 76.5 Å². The highest BCUT2D eigenvalue weighted by atomic mass is 19.1. The van der Waals surface area contributed by atoms with Gasteiger partial charge in [-0.25, -0.2) is 8.78 Å². The zero-order chi connectivity index (χ0) is 27.4. The molecule has 0 aliphatic heterocycles. The van der Waals surface area contributed by atoms with Crippen LogP contribution in [0.25, 0.3) is 0 Å². The molecule has 4 aliphatic rings. The molecule has 3 N–H and O–H groups in total. The number of fused-ring (bicyclic) bond motifs is 5. The van der Waals surface area contributed by atoms with Crippen molar-refractivity contribution in [3.8, 4) is 0 Å². The van der Waals surface area contributed by atoms with Crippen LogP contribution in [-0.4, -0.2) is 69.1 Å². The molecule has 0 amide bonds. The molecule has 9 unspecified atom stereocenters. The van der Waals surface area contributed by atoms with Crippen LogP contribution in [0.1, 0.15) is 72.1 Å². The van der Waals surface area contributed by atoms with E-state index >= 15 is 8.78 Å². The molecule has 3 saturated carbocycles. The van der Waals surface area contributed by atoms with Crippen LogP contribution >= 0.6 is 0 Å². The first kappa shape index (κ1) is 28.0. The predicted octanol–water partition coefficient (Wildman–Crippen LogP) is 3.09. The highest BCUT2D eigenvalue weighted by Gasteiger charge is 2.78. The Balaban J connectivity index is 1.75. The van der Waals surface area contributed by atoms with Gasteiger partial charge >= 0.3 is 5.97 Å². The molecule has 0 aromatic carbocycles. The molecule has 3 fully saturated rings. The summed E-state index contributed by atoms with van der Waals surface area (Å²) in [4.78, 5) is 38.1. The summed E-state index contributed by atoms with van der Waals surface area (Å²) in [6.45, 7) is 4.01. The Morgan fingerprint density at radius 3 is 2.46 bits per heavy atom. The van der Waals surface area contributed by atoms with Gasteiger partial charge in [-0.15, -0.1) is 0 Å². The molecule has 0 aromatic rings. The predicted molar refractivity (Wildman–Crippen MR) is 130 cm³/mol. The fraction of sp³-hybridized carbons (Fsp3) is 0.750. The van der Waals surface area contributed by atoms with Gasteiger partial charge in [0.1, 0.15) is 18.9 Å². The molecule has 4 aliphatic carbocycles. The molecular formula is C28H38F2O7. The summed E-state index contributed by atoms with van der Waals surface area (Å²) in [7, 11) is 0. The molecule has 206 valence electrons. The van der Waals surface area contributed by atoms with E-state index in [0.29, 0.717) is 6.42 Å². The second-order valence-corrected chi connectivity index (χ2v) is 11.7. The van der Waals surface area contributed by atoms with Gasteiger partial charge in [0, 0.05) is 23.2 Å². The number of Topliss-reactive ketones (excluding diaryl/α,β-unsaturated/α-hetero) is 1. The number of hydrogen-bond acceptors (Lipinski definition) is 7. The Bertz CT molecular complexity index is 1030. The normalized spacial score (nSPS) is 44.5. The second-order valence-electron chi connectivity index (χ2n) is 11.7. The minimum absolute atomic E-state index is 0.00452. The lowest BCUT2D eigenvalue weighted by Gasteiger charge is -2.63. The lowest BCUT2D eigenvalue weighted by atomic mass is 9.44.